The summed E-state index contributed by atoms with van der Waals surface area (Å²) >= 11 is 0. The average Bonchev–Trinajstić information content (AvgIpc) is 2.77. The maximum Gasteiger partial charge on any atom is 0.244 e. The number of ether oxygens (including phenoxy) is 1. The summed E-state index contributed by atoms with van der Waals surface area (Å²) in [6, 6.07) is 18.2. The van der Waals surface area contributed by atoms with Crippen molar-refractivity contribution < 1.29 is 9.53 Å². The fourth-order valence-electron chi connectivity index (χ4n) is 3.43. The number of carbonyl (C=O) groups excluding carboxylic acids is 1. The number of fused-ring (bicyclic) bond motifs is 1. The first-order chi connectivity index (χ1) is 13.8. The van der Waals surface area contributed by atoms with Crippen molar-refractivity contribution in [2.24, 2.45) is 0 Å². The second-order valence-corrected chi connectivity index (χ2v) is 6.71. The first-order valence-corrected chi connectivity index (χ1v) is 9.51. The lowest BCUT2D eigenvalue weighted by molar-refractivity contribution is -0.116. The minimum absolute atomic E-state index is 0.121. The first kappa shape index (κ1) is 18.2. The van der Waals surface area contributed by atoms with Crippen molar-refractivity contribution in [2.45, 2.75) is 6.54 Å². The number of rotatable bonds is 5. The van der Waals surface area contributed by atoms with Crippen LogP contribution in [0.2, 0.25) is 0 Å². The van der Waals surface area contributed by atoms with E-state index in [4.69, 9.17) is 4.74 Å². The van der Waals surface area contributed by atoms with E-state index in [1.165, 1.54) is 0 Å². The molecule has 1 aliphatic heterocycles. The smallest absolute Gasteiger partial charge is 0.244 e. The second kappa shape index (κ2) is 8.67. The number of benzene rings is 2. The molecule has 1 aromatic heterocycles. The minimum atomic E-state index is -0.121. The van der Waals surface area contributed by atoms with E-state index in [9.17, 15) is 4.79 Å². The Labute approximate surface area is 164 Å². The van der Waals surface area contributed by atoms with Gasteiger partial charge in [-0.2, -0.15) is 0 Å². The van der Waals surface area contributed by atoms with Gasteiger partial charge >= 0.3 is 0 Å². The predicted octanol–water partition coefficient (Wildman–Crippen LogP) is 3.40. The summed E-state index contributed by atoms with van der Waals surface area (Å²) < 4.78 is 5.42. The molecule has 0 unspecified atom stereocenters. The Morgan fingerprint density at radius 2 is 1.89 bits per heavy atom. The lowest BCUT2D eigenvalue weighted by Crippen LogP contribution is -2.37. The monoisotopic (exact) mass is 373 g/mol. The van der Waals surface area contributed by atoms with E-state index in [1.54, 1.807) is 12.3 Å². The molecule has 28 heavy (non-hydrogen) atoms. The van der Waals surface area contributed by atoms with E-state index in [1.807, 2.05) is 42.5 Å². The number of pyridine rings is 1. The molecule has 4 rings (SSSR count). The van der Waals surface area contributed by atoms with Gasteiger partial charge < -0.3 is 15.0 Å². The number of morpholine rings is 1. The molecule has 5 heteroatoms. The molecule has 0 radical (unpaired) electrons. The zero-order valence-corrected chi connectivity index (χ0v) is 15.7. The van der Waals surface area contributed by atoms with Crippen molar-refractivity contribution in [1.29, 1.82) is 0 Å². The minimum Gasteiger partial charge on any atom is -0.378 e. The molecule has 1 amide bonds. The van der Waals surface area contributed by atoms with Gasteiger partial charge in [-0.15, -0.1) is 0 Å². The predicted molar refractivity (Wildman–Crippen MR) is 112 cm³/mol. The quantitative estimate of drug-likeness (QED) is 0.697. The van der Waals surface area contributed by atoms with Crippen LogP contribution in [-0.4, -0.2) is 37.2 Å². The standard InChI is InChI=1S/C23H23N3O2/c27-22(11-10-19-7-3-6-18-5-1-2-9-21(18)19)25-17-20-8-4-12-24-23(20)26-13-15-28-16-14-26/h1-12H,13-17H2,(H,25,27)/b11-10+. The van der Waals surface area contributed by atoms with Crippen LogP contribution in [0.25, 0.3) is 16.8 Å². The molecule has 0 bridgehead atoms. The highest BCUT2D eigenvalue weighted by Gasteiger charge is 2.15. The molecular formula is C23H23N3O2. The summed E-state index contributed by atoms with van der Waals surface area (Å²) in [5.41, 5.74) is 2.04. The largest absolute Gasteiger partial charge is 0.378 e. The number of amides is 1. The number of anilines is 1. The van der Waals surface area contributed by atoms with E-state index < -0.39 is 0 Å². The van der Waals surface area contributed by atoms with Gasteiger partial charge in [-0.3, -0.25) is 4.79 Å². The zero-order valence-electron chi connectivity index (χ0n) is 15.7. The zero-order chi connectivity index (χ0) is 19.2. The summed E-state index contributed by atoms with van der Waals surface area (Å²) in [4.78, 5) is 19.1. The molecule has 0 spiro atoms. The number of hydrogen-bond acceptors (Lipinski definition) is 4. The summed E-state index contributed by atoms with van der Waals surface area (Å²) in [6.07, 6.45) is 5.24. The number of carbonyl (C=O) groups is 1. The van der Waals surface area contributed by atoms with Crippen LogP contribution in [0.1, 0.15) is 11.1 Å². The molecule has 0 atom stereocenters. The van der Waals surface area contributed by atoms with E-state index in [2.05, 4.69) is 33.4 Å². The Hall–Kier alpha value is -3.18. The molecule has 142 valence electrons. The Morgan fingerprint density at radius 3 is 2.79 bits per heavy atom. The highest BCUT2D eigenvalue weighted by atomic mass is 16.5. The van der Waals surface area contributed by atoms with Crippen molar-refractivity contribution in [1.82, 2.24) is 10.3 Å². The Bertz CT molecular complexity index is 989. The van der Waals surface area contributed by atoms with Gasteiger partial charge in [0, 0.05) is 37.5 Å². The van der Waals surface area contributed by atoms with Crippen molar-refractivity contribution in [2.75, 3.05) is 31.2 Å². The lowest BCUT2D eigenvalue weighted by Gasteiger charge is -2.29. The van der Waals surface area contributed by atoms with Crippen LogP contribution in [-0.2, 0) is 16.1 Å². The van der Waals surface area contributed by atoms with Gasteiger partial charge in [0.25, 0.3) is 0 Å². The molecule has 0 aliphatic carbocycles. The molecule has 0 saturated carbocycles. The SMILES string of the molecule is O=C(/C=C/c1cccc2ccccc12)NCc1cccnc1N1CCOCC1. The number of nitrogens with one attached hydrogen (secondary N) is 1. The third-order valence-electron chi connectivity index (χ3n) is 4.87. The summed E-state index contributed by atoms with van der Waals surface area (Å²) in [5.74, 6) is 0.800. The fraction of sp³-hybridized carbons (Fsp3) is 0.217. The van der Waals surface area contributed by atoms with Crippen LogP contribution < -0.4 is 10.2 Å². The molecule has 1 fully saturated rings. The Morgan fingerprint density at radius 1 is 1.07 bits per heavy atom. The van der Waals surface area contributed by atoms with Crippen LogP contribution >= 0.6 is 0 Å². The number of hydrogen-bond donors (Lipinski definition) is 1. The van der Waals surface area contributed by atoms with Crippen LogP contribution in [0.15, 0.2) is 66.9 Å². The maximum absolute atomic E-state index is 12.4. The highest BCUT2D eigenvalue weighted by Crippen LogP contribution is 2.20. The Kier molecular flexibility index (Phi) is 5.64. The van der Waals surface area contributed by atoms with Gasteiger partial charge in [0.2, 0.25) is 5.91 Å². The van der Waals surface area contributed by atoms with Gasteiger partial charge in [0.15, 0.2) is 0 Å². The van der Waals surface area contributed by atoms with Crippen LogP contribution in [0, 0.1) is 0 Å². The first-order valence-electron chi connectivity index (χ1n) is 9.51. The van der Waals surface area contributed by atoms with Gasteiger partial charge in [0.1, 0.15) is 5.82 Å². The van der Waals surface area contributed by atoms with Gasteiger partial charge in [-0.1, -0.05) is 48.5 Å². The van der Waals surface area contributed by atoms with Crippen molar-refractivity contribution in [3.8, 4) is 0 Å². The van der Waals surface area contributed by atoms with Gasteiger partial charge in [-0.05, 0) is 28.5 Å². The van der Waals surface area contributed by atoms with Gasteiger partial charge in [-0.25, -0.2) is 4.98 Å². The third kappa shape index (κ3) is 4.21. The summed E-state index contributed by atoms with van der Waals surface area (Å²) in [7, 11) is 0. The van der Waals surface area contributed by atoms with Crippen molar-refractivity contribution in [3.63, 3.8) is 0 Å². The lowest BCUT2D eigenvalue weighted by atomic mass is 10.0. The third-order valence-corrected chi connectivity index (χ3v) is 4.87. The van der Waals surface area contributed by atoms with E-state index >= 15 is 0 Å². The molecule has 1 aliphatic rings. The normalized spacial score (nSPS) is 14.5. The number of aromatic nitrogens is 1. The summed E-state index contributed by atoms with van der Waals surface area (Å²) in [5, 5.41) is 5.27. The molecule has 3 aromatic rings. The topological polar surface area (TPSA) is 54.5 Å². The van der Waals surface area contributed by atoms with E-state index in [-0.39, 0.29) is 5.91 Å². The summed E-state index contributed by atoms with van der Waals surface area (Å²) in [6.45, 7) is 3.49. The Balaban J connectivity index is 1.43. The highest BCUT2D eigenvalue weighted by molar-refractivity contribution is 5.96. The maximum atomic E-state index is 12.4. The molecule has 5 nitrogen and oxygen atoms in total. The van der Waals surface area contributed by atoms with Crippen LogP contribution in [0.3, 0.4) is 0 Å². The van der Waals surface area contributed by atoms with E-state index in [0.29, 0.717) is 19.8 Å². The van der Waals surface area contributed by atoms with Crippen LogP contribution in [0.5, 0.6) is 0 Å². The molecule has 1 saturated heterocycles. The van der Waals surface area contributed by atoms with Gasteiger partial charge in [0.05, 0.1) is 13.2 Å². The molecule has 2 aromatic carbocycles. The van der Waals surface area contributed by atoms with Crippen molar-refractivity contribution >= 4 is 28.6 Å². The fourth-order valence-corrected chi connectivity index (χ4v) is 3.43. The number of nitrogens with zero attached hydrogens (tertiary/aromatic N) is 2. The molecular weight excluding hydrogens is 350 g/mol. The van der Waals surface area contributed by atoms with Crippen molar-refractivity contribution in [3.05, 3.63) is 78.0 Å². The van der Waals surface area contributed by atoms with Crippen LogP contribution in [0.4, 0.5) is 5.82 Å². The molecule has 2 heterocycles. The molecule has 1 N–H and O–H groups in total. The van der Waals surface area contributed by atoms with E-state index in [0.717, 1.165) is 40.8 Å². The second-order valence-electron chi connectivity index (χ2n) is 6.71. The average molecular weight is 373 g/mol.